The fraction of sp³-hybridized carbons (Fsp3) is 0.562. The van der Waals surface area contributed by atoms with Gasteiger partial charge < -0.3 is 15.2 Å². The smallest absolute Gasteiger partial charge is 0.348 e. The van der Waals surface area contributed by atoms with Crippen molar-refractivity contribution in [1.29, 1.82) is 0 Å². The third kappa shape index (κ3) is 3.61. The van der Waals surface area contributed by atoms with Gasteiger partial charge in [-0.25, -0.2) is 14.8 Å². The van der Waals surface area contributed by atoms with Crippen LogP contribution in [0, 0.1) is 19.8 Å². The normalized spacial score (nSPS) is 12.7. The highest BCUT2D eigenvalue weighted by atomic mass is 32.1. The van der Waals surface area contributed by atoms with Crippen LogP contribution in [-0.4, -0.2) is 40.3 Å². The second kappa shape index (κ2) is 7.23. The molecule has 126 valence electrons. The van der Waals surface area contributed by atoms with E-state index in [1.807, 2.05) is 27.7 Å². The second-order valence-corrected chi connectivity index (χ2v) is 6.75. The number of nitrogens with zero attached hydrogens (tertiary/aromatic N) is 2. The minimum atomic E-state index is -0.334. The third-order valence-corrected chi connectivity index (χ3v) is 4.85. The minimum Gasteiger partial charge on any atom is -0.462 e. The lowest BCUT2D eigenvalue weighted by atomic mass is 10.1. The number of esters is 1. The Hall–Kier alpha value is -1.73. The summed E-state index contributed by atoms with van der Waals surface area (Å²) in [5.74, 6) is 1.19. The number of aliphatic hydroxyl groups excluding tert-OH is 1. The summed E-state index contributed by atoms with van der Waals surface area (Å²) in [4.78, 5) is 22.3. The molecule has 0 saturated carbocycles. The topological polar surface area (TPSA) is 84.3 Å². The maximum atomic E-state index is 12.1. The van der Waals surface area contributed by atoms with Gasteiger partial charge in [-0.15, -0.1) is 11.3 Å². The Morgan fingerprint density at radius 2 is 2.04 bits per heavy atom. The summed E-state index contributed by atoms with van der Waals surface area (Å²) in [5, 5.41) is 13.7. The largest absolute Gasteiger partial charge is 0.462 e. The number of hydrogen-bond donors (Lipinski definition) is 2. The van der Waals surface area contributed by atoms with Crippen LogP contribution in [-0.2, 0) is 4.74 Å². The van der Waals surface area contributed by atoms with Crippen molar-refractivity contribution in [3.05, 3.63) is 16.3 Å². The average molecular weight is 337 g/mol. The number of ether oxygens (including phenoxy) is 1. The molecule has 0 aromatic carbocycles. The van der Waals surface area contributed by atoms with Gasteiger partial charge in [0.15, 0.2) is 0 Å². The van der Waals surface area contributed by atoms with Crippen LogP contribution in [0.15, 0.2) is 0 Å². The number of aryl methyl sites for hydroxylation is 2. The molecule has 0 aliphatic heterocycles. The van der Waals surface area contributed by atoms with Crippen molar-refractivity contribution in [3.63, 3.8) is 0 Å². The highest BCUT2D eigenvalue weighted by Crippen LogP contribution is 2.34. The second-order valence-electron chi connectivity index (χ2n) is 5.75. The first-order valence-electron chi connectivity index (χ1n) is 7.71. The van der Waals surface area contributed by atoms with E-state index in [4.69, 9.17) is 4.74 Å². The van der Waals surface area contributed by atoms with Gasteiger partial charge in [-0.1, -0.05) is 13.8 Å². The molecule has 0 unspecified atom stereocenters. The summed E-state index contributed by atoms with van der Waals surface area (Å²) in [5.41, 5.74) is 0.811. The number of carbonyl (C=O) groups is 1. The van der Waals surface area contributed by atoms with Gasteiger partial charge in [-0.2, -0.15) is 0 Å². The minimum absolute atomic E-state index is 0.0100. The van der Waals surface area contributed by atoms with Gasteiger partial charge in [-0.05, 0) is 32.3 Å². The van der Waals surface area contributed by atoms with Gasteiger partial charge in [-0.3, -0.25) is 0 Å². The Balaban J connectivity index is 2.54. The SMILES string of the molecule is CCOC(=O)c1sc2nc(C)nc(N[C@H](CO)C(C)C)c2c1C. The number of rotatable bonds is 6. The van der Waals surface area contributed by atoms with Crippen LogP contribution in [0.1, 0.15) is 41.8 Å². The first kappa shape index (κ1) is 17.6. The molecule has 0 bridgehead atoms. The van der Waals surface area contributed by atoms with Crippen molar-refractivity contribution < 1.29 is 14.6 Å². The summed E-state index contributed by atoms with van der Waals surface area (Å²) in [6.07, 6.45) is 0. The van der Waals surface area contributed by atoms with Crippen molar-refractivity contribution in [2.75, 3.05) is 18.5 Å². The molecular formula is C16H23N3O3S. The molecule has 2 aromatic heterocycles. The molecule has 0 radical (unpaired) electrons. The van der Waals surface area contributed by atoms with Gasteiger partial charge in [0, 0.05) is 0 Å². The Morgan fingerprint density at radius 3 is 2.61 bits per heavy atom. The van der Waals surface area contributed by atoms with E-state index in [1.165, 1.54) is 11.3 Å². The molecular weight excluding hydrogens is 314 g/mol. The predicted octanol–water partition coefficient (Wildman–Crippen LogP) is 2.91. The van der Waals surface area contributed by atoms with E-state index in [2.05, 4.69) is 15.3 Å². The van der Waals surface area contributed by atoms with Gasteiger partial charge in [0.1, 0.15) is 21.3 Å². The maximum absolute atomic E-state index is 12.1. The van der Waals surface area contributed by atoms with Gasteiger partial charge >= 0.3 is 5.97 Å². The molecule has 2 rings (SSSR count). The van der Waals surface area contributed by atoms with Gasteiger partial charge in [0.25, 0.3) is 0 Å². The van der Waals surface area contributed by atoms with Crippen LogP contribution in [0.2, 0.25) is 0 Å². The Kier molecular flexibility index (Phi) is 5.54. The van der Waals surface area contributed by atoms with E-state index in [0.29, 0.717) is 23.1 Å². The quantitative estimate of drug-likeness (QED) is 0.789. The van der Waals surface area contributed by atoms with Crippen LogP contribution in [0.3, 0.4) is 0 Å². The highest BCUT2D eigenvalue weighted by molar-refractivity contribution is 7.20. The molecule has 2 heterocycles. The van der Waals surface area contributed by atoms with Crippen LogP contribution in [0.4, 0.5) is 5.82 Å². The predicted molar refractivity (Wildman–Crippen MR) is 92.2 cm³/mol. The summed E-state index contributed by atoms with van der Waals surface area (Å²) in [7, 11) is 0. The van der Waals surface area contributed by atoms with Crippen LogP contribution < -0.4 is 5.32 Å². The molecule has 0 aliphatic carbocycles. The van der Waals surface area contributed by atoms with Gasteiger partial charge in [0.05, 0.1) is 24.6 Å². The van der Waals surface area contributed by atoms with Crippen LogP contribution in [0.5, 0.6) is 0 Å². The number of thiophene rings is 1. The van der Waals surface area contributed by atoms with E-state index in [-0.39, 0.29) is 24.5 Å². The standard InChI is InChI=1S/C16H23N3O3S/c1-6-22-16(21)13-9(4)12-14(19-11(7-20)8(2)3)17-10(5)18-15(12)23-13/h8,11,20H,6-7H2,1-5H3,(H,17,18,19)/t11-/m1/s1. The first-order chi connectivity index (χ1) is 10.9. The van der Waals surface area contributed by atoms with Crippen molar-refractivity contribution in [3.8, 4) is 0 Å². The zero-order valence-corrected chi connectivity index (χ0v) is 15.0. The summed E-state index contributed by atoms with van der Waals surface area (Å²) in [6, 6.07) is -0.113. The number of anilines is 1. The molecule has 1 atom stereocenters. The number of carbonyl (C=O) groups excluding carboxylic acids is 1. The summed E-state index contributed by atoms with van der Waals surface area (Å²) < 4.78 is 5.11. The summed E-state index contributed by atoms with van der Waals surface area (Å²) in [6.45, 7) is 9.88. The number of nitrogens with one attached hydrogen (secondary N) is 1. The van der Waals surface area contributed by atoms with Crippen molar-refractivity contribution >= 4 is 33.3 Å². The molecule has 0 spiro atoms. The molecule has 0 aliphatic rings. The fourth-order valence-corrected chi connectivity index (χ4v) is 3.46. The lowest BCUT2D eigenvalue weighted by Gasteiger charge is -2.21. The lowest BCUT2D eigenvalue weighted by molar-refractivity contribution is 0.0531. The Labute approximate surface area is 139 Å². The molecule has 23 heavy (non-hydrogen) atoms. The van der Waals surface area contributed by atoms with Gasteiger partial charge in [0.2, 0.25) is 0 Å². The van der Waals surface area contributed by atoms with Crippen LogP contribution in [0.25, 0.3) is 10.2 Å². The van der Waals surface area contributed by atoms with E-state index in [0.717, 1.165) is 15.8 Å². The fourth-order valence-electron chi connectivity index (χ4n) is 2.34. The Morgan fingerprint density at radius 1 is 1.35 bits per heavy atom. The summed E-state index contributed by atoms with van der Waals surface area (Å²) >= 11 is 1.32. The average Bonchev–Trinajstić information content (AvgIpc) is 2.81. The molecule has 2 N–H and O–H groups in total. The molecule has 0 amide bonds. The first-order valence-corrected chi connectivity index (χ1v) is 8.52. The number of aliphatic hydroxyl groups is 1. The molecule has 0 saturated heterocycles. The van der Waals surface area contributed by atoms with Crippen LogP contribution >= 0.6 is 11.3 Å². The maximum Gasteiger partial charge on any atom is 0.348 e. The monoisotopic (exact) mass is 337 g/mol. The number of fused-ring (bicyclic) bond motifs is 1. The molecule has 2 aromatic rings. The van der Waals surface area contributed by atoms with E-state index in [9.17, 15) is 9.90 Å². The Bertz CT molecular complexity index is 712. The molecule has 6 nitrogen and oxygen atoms in total. The van der Waals surface area contributed by atoms with Crippen molar-refractivity contribution in [1.82, 2.24) is 9.97 Å². The highest BCUT2D eigenvalue weighted by Gasteiger charge is 2.22. The number of hydrogen-bond acceptors (Lipinski definition) is 7. The molecule has 0 fully saturated rings. The lowest BCUT2D eigenvalue weighted by Crippen LogP contribution is -2.30. The van der Waals surface area contributed by atoms with E-state index >= 15 is 0 Å². The zero-order chi connectivity index (χ0) is 17.1. The van der Waals surface area contributed by atoms with E-state index in [1.54, 1.807) is 6.92 Å². The number of aromatic nitrogens is 2. The molecule has 7 heteroatoms. The third-order valence-electron chi connectivity index (χ3n) is 3.69. The van der Waals surface area contributed by atoms with Crippen molar-refractivity contribution in [2.24, 2.45) is 5.92 Å². The van der Waals surface area contributed by atoms with Crippen molar-refractivity contribution in [2.45, 2.75) is 40.7 Å². The zero-order valence-electron chi connectivity index (χ0n) is 14.1. The van der Waals surface area contributed by atoms with E-state index < -0.39 is 0 Å².